The molecule has 1 heterocycles. The maximum absolute atomic E-state index is 11.9. The molecule has 5 nitrogen and oxygen atoms in total. The molecule has 112 valence electrons. The van der Waals surface area contributed by atoms with Crippen molar-refractivity contribution in [3.8, 4) is 5.75 Å². The highest BCUT2D eigenvalue weighted by molar-refractivity contribution is 5.78. The summed E-state index contributed by atoms with van der Waals surface area (Å²) in [6, 6.07) is 4.00. The van der Waals surface area contributed by atoms with Crippen LogP contribution >= 0.6 is 0 Å². The molecule has 2 N–H and O–H groups in total. The number of ether oxygens (including phenoxy) is 1. The molecule has 1 aromatic carbocycles. The smallest absolute Gasteiger partial charge is 0.258 e. The van der Waals surface area contributed by atoms with Gasteiger partial charge in [0.05, 0.1) is 12.2 Å². The van der Waals surface area contributed by atoms with Crippen LogP contribution < -0.4 is 10.1 Å². The summed E-state index contributed by atoms with van der Waals surface area (Å²) < 4.78 is 5.67. The molecule has 0 saturated carbocycles. The van der Waals surface area contributed by atoms with Crippen molar-refractivity contribution in [2.75, 3.05) is 6.61 Å². The predicted molar refractivity (Wildman–Crippen MR) is 81.3 cm³/mol. The highest BCUT2D eigenvalue weighted by Gasteiger charge is 2.12. The summed E-state index contributed by atoms with van der Waals surface area (Å²) in [4.78, 5) is 11.9. The molecular weight excluding hydrogens is 266 g/mol. The number of nitrogens with one attached hydrogen (secondary N) is 2. The Morgan fingerprint density at radius 3 is 2.57 bits per heavy atom. The third-order valence-electron chi connectivity index (χ3n) is 3.35. The summed E-state index contributed by atoms with van der Waals surface area (Å²) in [5, 5.41) is 9.48. The highest BCUT2D eigenvalue weighted by Crippen LogP contribution is 2.24. The first kappa shape index (κ1) is 15.1. The Bertz CT molecular complexity index is 597. The molecule has 1 amide bonds. The Morgan fingerprint density at radius 2 is 2.00 bits per heavy atom. The van der Waals surface area contributed by atoms with Crippen molar-refractivity contribution in [2.24, 2.45) is 0 Å². The Kier molecular flexibility index (Phi) is 4.62. The number of rotatable bonds is 5. The van der Waals surface area contributed by atoms with Gasteiger partial charge < -0.3 is 10.1 Å². The van der Waals surface area contributed by atoms with E-state index in [1.54, 1.807) is 12.4 Å². The van der Waals surface area contributed by atoms with E-state index < -0.39 is 0 Å². The molecule has 1 aromatic heterocycles. The maximum Gasteiger partial charge on any atom is 0.258 e. The van der Waals surface area contributed by atoms with Crippen LogP contribution in [-0.2, 0) is 4.79 Å². The number of H-pyrrole nitrogens is 1. The van der Waals surface area contributed by atoms with Gasteiger partial charge in [0.25, 0.3) is 5.91 Å². The molecule has 2 aromatic rings. The number of aromatic amines is 1. The Hall–Kier alpha value is -2.30. The lowest BCUT2D eigenvalue weighted by atomic mass is 10.1. The minimum atomic E-state index is -0.150. The molecule has 2 rings (SSSR count). The van der Waals surface area contributed by atoms with Crippen molar-refractivity contribution in [2.45, 2.75) is 33.7 Å². The lowest BCUT2D eigenvalue weighted by Crippen LogP contribution is -2.31. The number of amides is 1. The van der Waals surface area contributed by atoms with E-state index in [1.807, 2.05) is 39.8 Å². The van der Waals surface area contributed by atoms with Gasteiger partial charge in [-0.3, -0.25) is 9.89 Å². The van der Waals surface area contributed by atoms with Crippen LogP contribution in [-0.4, -0.2) is 22.7 Å². The summed E-state index contributed by atoms with van der Waals surface area (Å²) in [5.74, 6) is 0.634. The number of hydrogen-bond acceptors (Lipinski definition) is 3. The zero-order valence-electron chi connectivity index (χ0n) is 12.9. The lowest BCUT2D eigenvalue weighted by molar-refractivity contribution is -0.123. The van der Waals surface area contributed by atoms with Gasteiger partial charge in [0.15, 0.2) is 6.61 Å². The summed E-state index contributed by atoms with van der Waals surface area (Å²) >= 11 is 0. The van der Waals surface area contributed by atoms with Crippen LogP contribution in [0.5, 0.6) is 5.75 Å². The molecule has 0 radical (unpaired) electrons. The summed E-state index contributed by atoms with van der Waals surface area (Å²) in [5.41, 5.74) is 4.22. The third kappa shape index (κ3) is 3.84. The average Bonchev–Trinajstić information content (AvgIpc) is 2.91. The maximum atomic E-state index is 11.9. The molecule has 1 unspecified atom stereocenters. The minimum Gasteiger partial charge on any atom is -0.483 e. The quantitative estimate of drug-likeness (QED) is 0.888. The molecule has 0 aliphatic rings. The molecular formula is C16H21N3O2. The first-order valence-corrected chi connectivity index (χ1v) is 6.96. The van der Waals surface area contributed by atoms with Crippen molar-refractivity contribution in [1.29, 1.82) is 0 Å². The molecule has 0 aliphatic heterocycles. The average molecular weight is 287 g/mol. The number of aromatic nitrogens is 2. The summed E-state index contributed by atoms with van der Waals surface area (Å²) in [6.45, 7) is 7.93. The van der Waals surface area contributed by atoms with Gasteiger partial charge in [-0.1, -0.05) is 17.7 Å². The van der Waals surface area contributed by atoms with Gasteiger partial charge in [-0.2, -0.15) is 5.10 Å². The van der Waals surface area contributed by atoms with Crippen LogP contribution in [0, 0.1) is 20.8 Å². The van der Waals surface area contributed by atoms with E-state index in [0.29, 0.717) is 0 Å². The molecule has 0 fully saturated rings. The Balaban J connectivity index is 1.93. The van der Waals surface area contributed by atoms with Gasteiger partial charge in [0.2, 0.25) is 0 Å². The highest BCUT2D eigenvalue weighted by atomic mass is 16.5. The molecule has 0 spiro atoms. The van der Waals surface area contributed by atoms with E-state index in [-0.39, 0.29) is 18.6 Å². The van der Waals surface area contributed by atoms with Crippen molar-refractivity contribution < 1.29 is 9.53 Å². The van der Waals surface area contributed by atoms with Gasteiger partial charge in [-0.05, 0) is 38.8 Å². The number of nitrogens with zero attached hydrogens (tertiary/aromatic N) is 1. The number of aryl methyl sites for hydroxylation is 3. The van der Waals surface area contributed by atoms with Crippen LogP contribution in [0.1, 0.15) is 35.2 Å². The normalized spacial score (nSPS) is 12.0. The van der Waals surface area contributed by atoms with Crippen molar-refractivity contribution in [1.82, 2.24) is 15.5 Å². The SMILES string of the molecule is Cc1cc(C)c(OCC(=O)NC(C)c2cn[nH]c2)c(C)c1. The zero-order valence-corrected chi connectivity index (χ0v) is 12.9. The van der Waals surface area contributed by atoms with E-state index in [0.717, 1.165) is 22.4 Å². The van der Waals surface area contributed by atoms with Crippen LogP contribution in [0.15, 0.2) is 24.5 Å². The van der Waals surface area contributed by atoms with Gasteiger partial charge >= 0.3 is 0 Å². The van der Waals surface area contributed by atoms with Crippen molar-refractivity contribution in [3.05, 3.63) is 46.8 Å². The Labute approximate surface area is 124 Å². The predicted octanol–water partition coefficient (Wildman–Crippen LogP) is 2.59. The van der Waals surface area contributed by atoms with Crippen LogP contribution in [0.4, 0.5) is 0 Å². The molecule has 0 bridgehead atoms. The van der Waals surface area contributed by atoms with Gasteiger partial charge in [-0.25, -0.2) is 0 Å². The minimum absolute atomic E-state index is 0.00688. The topological polar surface area (TPSA) is 67.0 Å². The van der Waals surface area contributed by atoms with Crippen LogP contribution in [0.2, 0.25) is 0 Å². The fourth-order valence-corrected chi connectivity index (χ4v) is 2.40. The van der Waals surface area contributed by atoms with Crippen molar-refractivity contribution in [3.63, 3.8) is 0 Å². The van der Waals surface area contributed by atoms with Gasteiger partial charge in [-0.15, -0.1) is 0 Å². The first-order chi connectivity index (χ1) is 9.97. The van der Waals surface area contributed by atoms with E-state index >= 15 is 0 Å². The van der Waals surface area contributed by atoms with E-state index in [2.05, 4.69) is 15.5 Å². The molecule has 5 heteroatoms. The number of carbonyl (C=O) groups is 1. The standard InChI is InChI=1S/C16H21N3O2/c1-10-5-11(2)16(12(3)6-10)21-9-15(20)19-13(4)14-7-17-18-8-14/h5-8,13H,9H2,1-4H3,(H,17,18)(H,19,20). The number of benzene rings is 1. The molecule has 0 saturated heterocycles. The second-order valence-electron chi connectivity index (χ2n) is 5.34. The van der Waals surface area contributed by atoms with E-state index in [9.17, 15) is 4.79 Å². The summed E-state index contributed by atoms with van der Waals surface area (Å²) in [7, 11) is 0. The van der Waals surface area contributed by atoms with E-state index in [4.69, 9.17) is 4.74 Å². The third-order valence-corrected chi connectivity index (χ3v) is 3.35. The van der Waals surface area contributed by atoms with Crippen LogP contribution in [0.3, 0.4) is 0 Å². The monoisotopic (exact) mass is 287 g/mol. The van der Waals surface area contributed by atoms with Crippen molar-refractivity contribution >= 4 is 5.91 Å². The van der Waals surface area contributed by atoms with Gasteiger partial charge in [0, 0.05) is 11.8 Å². The molecule has 21 heavy (non-hydrogen) atoms. The van der Waals surface area contributed by atoms with Gasteiger partial charge in [0.1, 0.15) is 5.75 Å². The molecule has 1 atom stereocenters. The Morgan fingerprint density at radius 1 is 1.33 bits per heavy atom. The zero-order chi connectivity index (χ0) is 15.4. The summed E-state index contributed by atoms with van der Waals surface area (Å²) in [6.07, 6.45) is 3.46. The number of carbonyl (C=O) groups excluding carboxylic acids is 1. The largest absolute Gasteiger partial charge is 0.483 e. The first-order valence-electron chi connectivity index (χ1n) is 6.96. The molecule has 0 aliphatic carbocycles. The fraction of sp³-hybridized carbons (Fsp3) is 0.375. The van der Waals surface area contributed by atoms with E-state index in [1.165, 1.54) is 5.56 Å². The lowest BCUT2D eigenvalue weighted by Gasteiger charge is -2.15. The fourth-order valence-electron chi connectivity index (χ4n) is 2.40. The number of hydrogen-bond donors (Lipinski definition) is 2. The second kappa shape index (κ2) is 6.43. The van der Waals surface area contributed by atoms with Crippen LogP contribution in [0.25, 0.3) is 0 Å². The second-order valence-corrected chi connectivity index (χ2v) is 5.34.